The van der Waals surface area contributed by atoms with Crippen molar-refractivity contribution in [2.24, 2.45) is 4.99 Å². The Morgan fingerprint density at radius 2 is 1.76 bits per heavy atom. The third-order valence-corrected chi connectivity index (χ3v) is 7.31. The zero-order valence-electron chi connectivity index (χ0n) is 20.0. The fourth-order valence-electron chi connectivity index (χ4n) is 5.03. The first kappa shape index (κ1) is 23.0. The quantitative estimate of drug-likeness (QED) is 0.493. The van der Waals surface area contributed by atoms with E-state index in [1.165, 1.54) is 36.0 Å². The summed E-state index contributed by atoms with van der Waals surface area (Å²) in [6.07, 6.45) is 9.35. The highest BCUT2D eigenvalue weighted by atomic mass is 16.2. The first-order valence-corrected chi connectivity index (χ1v) is 12.1. The molecule has 1 amide bonds. The van der Waals surface area contributed by atoms with E-state index in [-0.39, 0.29) is 5.91 Å². The summed E-state index contributed by atoms with van der Waals surface area (Å²) in [5.41, 5.74) is 7.51. The number of hydrogen-bond donors (Lipinski definition) is 0. The average molecular weight is 440 g/mol. The fraction of sp³-hybridized carbons (Fsp3) is 0.414. The van der Waals surface area contributed by atoms with Crippen LogP contribution in [0.2, 0.25) is 0 Å². The Balaban J connectivity index is 1.53. The molecule has 33 heavy (non-hydrogen) atoms. The van der Waals surface area contributed by atoms with Gasteiger partial charge in [0.1, 0.15) is 0 Å². The number of carbonyl (C=O) groups is 1. The third kappa shape index (κ3) is 4.93. The summed E-state index contributed by atoms with van der Waals surface area (Å²) in [6.45, 7) is 7.61. The predicted octanol–water partition coefficient (Wildman–Crippen LogP) is 6.61. The lowest BCUT2D eigenvalue weighted by Gasteiger charge is -2.33. The summed E-state index contributed by atoms with van der Waals surface area (Å²) in [5.74, 6) is 1.18. The number of likely N-dealkylation sites (tertiary alicyclic amines) is 1. The van der Waals surface area contributed by atoms with Gasteiger partial charge < -0.3 is 4.90 Å². The number of aliphatic imine (C=N–C) groups is 1. The minimum atomic E-state index is 0.138. The van der Waals surface area contributed by atoms with Gasteiger partial charge in [-0.25, -0.2) is 0 Å². The highest BCUT2D eigenvalue weighted by Crippen LogP contribution is 2.41. The Hall–Kier alpha value is -3.19. The Morgan fingerprint density at radius 1 is 1.06 bits per heavy atom. The normalized spacial score (nSPS) is 17.8. The van der Waals surface area contributed by atoms with Crippen LogP contribution in [0, 0.1) is 18.3 Å². The van der Waals surface area contributed by atoms with Gasteiger partial charge in [-0.3, -0.25) is 9.79 Å². The molecule has 0 N–H and O–H groups in total. The van der Waals surface area contributed by atoms with Crippen LogP contribution in [0.3, 0.4) is 0 Å². The number of rotatable bonds is 5. The smallest absolute Gasteiger partial charge is 0.254 e. The Kier molecular flexibility index (Phi) is 7.08. The maximum Gasteiger partial charge on any atom is 0.254 e. The second-order valence-electron chi connectivity index (χ2n) is 9.40. The van der Waals surface area contributed by atoms with E-state index in [0.29, 0.717) is 17.4 Å². The summed E-state index contributed by atoms with van der Waals surface area (Å²) in [7, 11) is 0. The number of allylic oxidation sites excluding steroid dienone is 1. The SMILES string of the molecule is C/C=N/C=C(\C)c1cc(C(=O)N2CCC(c3ccc(C#N)cc3)CC2)c(C)cc1C1CCC1. The summed E-state index contributed by atoms with van der Waals surface area (Å²) in [6, 6.07) is 14.4. The van der Waals surface area contributed by atoms with Gasteiger partial charge >= 0.3 is 0 Å². The minimum Gasteiger partial charge on any atom is -0.339 e. The molecule has 0 spiro atoms. The molecular weight excluding hydrogens is 406 g/mol. The lowest BCUT2D eigenvalue weighted by molar-refractivity contribution is 0.0712. The second kappa shape index (κ2) is 10.2. The number of hydrogen-bond acceptors (Lipinski definition) is 3. The van der Waals surface area contributed by atoms with Gasteiger partial charge in [0.15, 0.2) is 0 Å². The van der Waals surface area contributed by atoms with Crippen molar-refractivity contribution in [2.45, 2.75) is 64.7 Å². The first-order chi connectivity index (χ1) is 16.0. The van der Waals surface area contributed by atoms with E-state index < -0.39 is 0 Å². The lowest BCUT2D eigenvalue weighted by Crippen LogP contribution is -2.38. The molecule has 0 aromatic heterocycles. The number of nitriles is 1. The van der Waals surface area contributed by atoms with E-state index in [9.17, 15) is 4.79 Å². The van der Waals surface area contributed by atoms with Gasteiger partial charge in [0.25, 0.3) is 5.91 Å². The molecule has 0 radical (unpaired) electrons. The molecule has 1 aliphatic heterocycles. The van der Waals surface area contributed by atoms with Gasteiger partial charge in [0, 0.05) is 31.1 Å². The van der Waals surface area contributed by atoms with Crippen molar-refractivity contribution in [3.05, 3.63) is 76.0 Å². The molecule has 4 nitrogen and oxygen atoms in total. The molecule has 4 rings (SSSR count). The van der Waals surface area contributed by atoms with Crippen LogP contribution in [0.5, 0.6) is 0 Å². The molecule has 0 bridgehead atoms. The van der Waals surface area contributed by atoms with Gasteiger partial charge in [-0.15, -0.1) is 0 Å². The molecule has 0 unspecified atom stereocenters. The largest absolute Gasteiger partial charge is 0.339 e. The topological polar surface area (TPSA) is 56.5 Å². The number of carbonyl (C=O) groups excluding carboxylic acids is 1. The van der Waals surface area contributed by atoms with Crippen LogP contribution in [0.1, 0.15) is 96.0 Å². The first-order valence-electron chi connectivity index (χ1n) is 12.1. The molecule has 1 saturated carbocycles. The van der Waals surface area contributed by atoms with Gasteiger partial charge in [-0.05, 0) is 104 Å². The molecule has 2 fully saturated rings. The van der Waals surface area contributed by atoms with Crippen molar-refractivity contribution in [1.29, 1.82) is 5.26 Å². The van der Waals surface area contributed by atoms with E-state index >= 15 is 0 Å². The van der Waals surface area contributed by atoms with Crippen molar-refractivity contribution < 1.29 is 4.79 Å². The van der Waals surface area contributed by atoms with Crippen LogP contribution >= 0.6 is 0 Å². The highest BCUT2D eigenvalue weighted by molar-refractivity contribution is 5.97. The van der Waals surface area contributed by atoms with Crippen LogP contribution in [-0.2, 0) is 0 Å². The van der Waals surface area contributed by atoms with Crippen LogP contribution < -0.4 is 0 Å². The minimum absolute atomic E-state index is 0.138. The van der Waals surface area contributed by atoms with Crippen LogP contribution in [0.25, 0.3) is 5.57 Å². The average Bonchev–Trinajstić information content (AvgIpc) is 2.81. The number of piperidine rings is 1. The molecule has 4 heteroatoms. The molecule has 2 aromatic rings. The summed E-state index contributed by atoms with van der Waals surface area (Å²) >= 11 is 0. The second-order valence-corrected chi connectivity index (χ2v) is 9.40. The van der Waals surface area contributed by atoms with Gasteiger partial charge in [-0.2, -0.15) is 5.26 Å². The molecular formula is C29H33N3O. The van der Waals surface area contributed by atoms with Crippen molar-refractivity contribution in [2.75, 3.05) is 13.1 Å². The maximum absolute atomic E-state index is 13.5. The fourth-order valence-corrected chi connectivity index (χ4v) is 5.03. The van der Waals surface area contributed by atoms with Crippen LogP contribution in [0.15, 0.2) is 47.6 Å². The van der Waals surface area contributed by atoms with E-state index in [1.54, 1.807) is 6.21 Å². The molecule has 1 heterocycles. The predicted molar refractivity (Wildman–Crippen MR) is 135 cm³/mol. The summed E-state index contributed by atoms with van der Waals surface area (Å²) in [4.78, 5) is 19.9. The zero-order valence-corrected chi connectivity index (χ0v) is 20.0. The van der Waals surface area contributed by atoms with Crippen molar-refractivity contribution in [3.63, 3.8) is 0 Å². The molecule has 1 aliphatic carbocycles. The molecule has 170 valence electrons. The van der Waals surface area contributed by atoms with E-state index in [2.05, 4.69) is 49.2 Å². The summed E-state index contributed by atoms with van der Waals surface area (Å²) in [5, 5.41) is 9.02. The molecule has 0 atom stereocenters. The molecule has 1 saturated heterocycles. The van der Waals surface area contributed by atoms with Crippen molar-refractivity contribution in [3.8, 4) is 6.07 Å². The number of benzene rings is 2. The monoisotopic (exact) mass is 439 g/mol. The van der Waals surface area contributed by atoms with Gasteiger partial charge in [-0.1, -0.05) is 24.6 Å². The lowest BCUT2D eigenvalue weighted by atomic mass is 9.76. The molecule has 2 aromatic carbocycles. The zero-order chi connectivity index (χ0) is 23.4. The van der Waals surface area contributed by atoms with Gasteiger partial charge in [0.2, 0.25) is 0 Å². The van der Waals surface area contributed by atoms with Crippen LogP contribution in [-0.4, -0.2) is 30.1 Å². The standard InChI is InChI=1S/C29H33N3O/c1-4-31-19-21(3)26-17-27(20(2)16-28(26)25-6-5-7-25)29(33)32-14-12-24(13-15-32)23-10-8-22(18-30)9-11-23/h4,8-11,16-17,19,24-25H,5-7,12-15H2,1-3H3/b21-19+,31-4+. The maximum atomic E-state index is 13.5. The van der Waals surface area contributed by atoms with E-state index in [1.807, 2.05) is 30.2 Å². The van der Waals surface area contributed by atoms with E-state index in [0.717, 1.165) is 42.6 Å². The summed E-state index contributed by atoms with van der Waals surface area (Å²) < 4.78 is 0. The number of nitrogens with zero attached hydrogens (tertiary/aromatic N) is 3. The van der Waals surface area contributed by atoms with Gasteiger partial charge in [0.05, 0.1) is 11.6 Å². The number of aryl methyl sites for hydroxylation is 1. The third-order valence-electron chi connectivity index (χ3n) is 7.31. The van der Waals surface area contributed by atoms with E-state index in [4.69, 9.17) is 5.26 Å². The van der Waals surface area contributed by atoms with Crippen molar-refractivity contribution in [1.82, 2.24) is 4.90 Å². The van der Waals surface area contributed by atoms with Crippen molar-refractivity contribution >= 4 is 17.7 Å². The Morgan fingerprint density at radius 3 is 2.33 bits per heavy atom. The van der Waals surface area contributed by atoms with Crippen LogP contribution in [0.4, 0.5) is 0 Å². The number of amides is 1. The Bertz CT molecular complexity index is 1110. The Labute approximate surface area is 197 Å². The molecule has 2 aliphatic rings. The highest BCUT2D eigenvalue weighted by Gasteiger charge is 2.28.